The highest BCUT2D eigenvalue weighted by Gasteiger charge is 2.40. The summed E-state index contributed by atoms with van der Waals surface area (Å²) in [4.78, 5) is 4.07. The van der Waals surface area contributed by atoms with Crippen molar-refractivity contribution in [3.8, 4) is 0 Å². The van der Waals surface area contributed by atoms with Crippen molar-refractivity contribution in [1.29, 1.82) is 0 Å². The molecule has 0 aliphatic heterocycles. The van der Waals surface area contributed by atoms with Crippen LogP contribution >= 0.6 is 11.6 Å². The molecule has 4 nitrogen and oxygen atoms in total. The fraction of sp³-hybridized carbons (Fsp3) is 0.800. The van der Waals surface area contributed by atoms with Gasteiger partial charge < -0.3 is 9.26 Å². The largest absolute Gasteiger partial charge is 0.370 e. The predicted octanol–water partition coefficient (Wildman–Crippen LogP) is 2.77. The van der Waals surface area contributed by atoms with E-state index in [2.05, 4.69) is 17.1 Å². The Hall–Kier alpha value is -0.610. The topological polar surface area (TPSA) is 48.2 Å². The van der Waals surface area contributed by atoms with Crippen molar-refractivity contribution < 1.29 is 9.26 Å². The van der Waals surface area contributed by atoms with Crippen molar-refractivity contribution in [1.82, 2.24) is 10.1 Å². The summed E-state index contributed by atoms with van der Waals surface area (Å²) in [6, 6.07) is 0. The van der Waals surface area contributed by atoms with Crippen LogP contribution < -0.4 is 0 Å². The SMILES string of the molecule is COC1(c2noc(Cl)n2)CCC(C)CC1. The van der Waals surface area contributed by atoms with E-state index in [-0.39, 0.29) is 11.0 Å². The number of hydrogen-bond donors (Lipinski definition) is 0. The first-order chi connectivity index (χ1) is 7.16. The number of ether oxygens (including phenoxy) is 1. The summed E-state index contributed by atoms with van der Waals surface area (Å²) < 4.78 is 10.4. The van der Waals surface area contributed by atoms with Crippen LogP contribution in [0.25, 0.3) is 0 Å². The van der Waals surface area contributed by atoms with Gasteiger partial charge >= 0.3 is 5.35 Å². The summed E-state index contributed by atoms with van der Waals surface area (Å²) in [5.74, 6) is 1.33. The number of halogens is 1. The van der Waals surface area contributed by atoms with E-state index in [1.54, 1.807) is 7.11 Å². The number of nitrogens with zero attached hydrogens (tertiary/aromatic N) is 2. The second-order valence-corrected chi connectivity index (χ2v) is 4.58. The lowest BCUT2D eigenvalue weighted by Gasteiger charge is -2.35. The average molecular weight is 231 g/mol. The molecule has 5 heteroatoms. The number of hydrogen-bond acceptors (Lipinski definition) is 4. The van der Waals surface area contributed by atoms with Gasteiger partial charge in [-0.3, -0.25) is 0 Å². The maximum absolute atomic E-state index is 5.63. The average Bonchev–Trinajstić information content (AvgIpc) is 2.67. The fourth-order valence-electron chi connectivity index (χ4n) is 2.14. The summed E-state index contributed by atoms with van der Waals surface area (Å²) in [5.41, 5.74) is -0.386. The molecule has 1 heterocycles. The van der Waals surface area contributed by atoms with Crippen LogP contribution in [0.2, 0.25) is 5.35 Å². The quantitative estimate of drug-likeness (QED) is 0.784. The third-order valence-electron chi connectivity index (χ3n) is 3.28. The number of methoxy groups -OCH3 is 1. The second kappa shape index (κ2) is 4.10. The highest BCUT2D eigenvalue weighted by atomic mass is 35.5. The van der Waals surface area contributed by atoms with E-state index in [0.717, 1.165) is 31.6 Å². The van der Waals surface area contributed by atoms with Gasteiger partial charge in [-0.15, -0.1) is 0 Å². The zero-order valence-electron chi connectivity index (χ0n) is 8.99. The van der Waals surface area contributed by atoms with Crippen molar-refractivity contribution >= 4 is 11.6 Å². The molecule has 1 saturated carbocycles. The minimum Gasteiger partial charge on any atom is -0.370 e. The summed E-state index contributed by atoms with van der Waals surface area (Å²) in [6.07, 6.45) is 4.11. The third-order valence-corrected chi connectivity index (χ3v) is 3.43. The molecule has 0 N–H and O–H groups in total. The standard InChI is InChI=1S/C10H15ClN2O2/c1-7-3-5-10(14-2,6-4-7)8-12-9(11)15-13-8/h7H,3-6H2,1-2H3. The van der Waals surface area contributed by atoms with Crippen LogP contribution in [-0.2, 0) is 10.3 Å². The van der Waals surface area contributed by atoms with Crippen LogP contribution in [0.4, 0.5) is 0 Å². The molecule has 0 bridgehead atoms. The van der Waals surface area contributed by atoms with E-state index >= 15 is 0 Å². The Bertz CT molecular complexity index is 332. The second-order valence-electron chi connectivity index (χ2n) is 4.25. The molecular weight excluding hydrogens is 216 g/mol. The first-order valence-corrected chi connectivity index (χ1v) is 5.59. The molecule has 84 valence electrons. The van der Waals surface area contributed by atoms with Gasteiger partial charge in [-0.25, -0.2) is 0 Å². The van der Waals surface area contributed by atoms with Gasteiger partial charge in [0.15, 0.2) is 0 Å². The van der Waals surface area contributed by atoms with Gasteiger partial charge in [0, 0.05) is 7.11 Å². The van der Waals surface area contributed by atoms with Gasteiger partial charge in [0.25, 0.3) is 0 Å². The molecular formula is C10H15ClN2O2. The van der Waals surface area contributed by atoms with Crippen LogP contribution in [0.3, 0.4) is 0 Å². The lowest BCUT2D eigenvalue weighted by atomic mass is 9.79. The molecule has 0 unspecified atom stereocenters. The van der Waals surface area contributed by atoms with E-state index in [4.69, 9.17) is 20.9 Å². The molecule has 0 amide bonds. The Morgan fingerprint density at radius 3 is 2.60 bits per heavy atom. The molecule has 1 aromatic rings. The van der Waals surface area contributed by atoms with Crippen molar-refractivity contribution in [2.24, 2.45) is 5.92 Å². The van der Waals surface area contributed by atoms with Gasteiger partial charge in [0.05, 0.1) is 0 Å². The Balaban J connectivity index is 2.22. The molecule has 1 aromatic heterocycles. The number of rotatable bonds is 2. The maximum Gasteiger partial charge on any atom is 0.320 e. The van der Waals surface area contributed by atoms with Crippen LogP contribution in [-0.4, -0.2) is 17.3 Å². The fourth-order valence-corrected chi connectivity index (χ4v) is 2.25. The van der Waals surface area contributed by atoms with E-state index in [9.17, 15) is 0 Å². The van der Waals surface area contributed by atoms with Gasteiger partial charge in [-0.2, -0.15) is 4.98 Å². The Morgan fingerprint density at radius 2 is 2.13 bits per heavy atom. The summed E-state index contributed by atoms with van der Waals surface area (Å²) in [6.45, 7) is 2.25. The van der Waals surface area contributed by atoms with E-state index in [0.29, 0.717) is 5.82 Å². The molecule has 1 aliphatic rings. The number of aromatic nitrogens is 2. The van der Waals surface area contributed by atoms with Crippen molar-refractivity contribution in [2.75, 3.05) is 7.11 Å². The molecule has 2 rings (SSSR count). The zero-order chi connectivity index (χ0) is 10.9. The first kappa shape index (κ1) is 10.9. The van der Waals surface area contributed by atoms with Gasteiger partial charge in [0.2, 0.25) is 5.82 Å². The molecule has 0 aromatic carbocycles. The summed E-state index contributed by atoms with van der Waals surface area (Å²) in [7, 11) is 1.69. The first-order valence-electron chi connectivity index (χ1n) is 5.21. The van der Waals surface area contributed by atoms with Gasteiger partial charge in [-0.1, -0.05) is 12.1 Å². The summed E-state index contributed by atoms with van der Waals surface area (Å²) in [5, 5.41) is 3.95. The molecule has 15 heavy (non-hydrogen) atoms. The zero-order valence-corrected chi connectivity index (χ0v) is 9.75. The molecule has 1 fully saturated rings. The lowest BCUT2D eigenvalue weighted by molar-refractivity contribution is -0.0609. The van der Waals surface area contributed by atoms with E-state index in [1.165, 1.54) is 0 Å². The highest BCUT2D eigenvalue weighted by molar-refractivity contribution is 6.27. The van der Waals surface area contributed by atoms with Crippen molar-refractivity contribution in [3.05, 3.63) is 11.2 Å². The summed E-state index contributed by atoms with van der Waals surface area (Å²) >= 11 is 5.63. The monoisotopic (exact) mass is 230 g/mol. The van der Waals surface area contributed by atoms with Crippen molar-refractivity contribution in [3.63, 3.8) is 0 Å². The Morgan fingerprint density at radius 1 is 1.47 bits per heavy atom. The third kappa shape index (κ3) is 2.01. The van der Waals surface area contributed by atoms with E-state index < -0.39 is 0 Å². The minimum absolute atomic E-state index is 0.0834. The van der Waals surface area contributed by atoms with Gasteiger partial charge in [0.1, 0.15) is 5.60 Å². The van der Waals surface area contributed by atoms with Crippen LogP contribution in [0, 0.1) is 5.92 Å². The maximum atomic E-state index is 5.63. The van der Waals surface area contributed by atoms with Crippen LogP contribution in [0.5, 0.6) is 0 Å². The normalized spacial score (nSPS) is 31.8. The highest BCUT2D eigenvalue weighted by Crippen LogP contribution is 2.40. The smallest absolute Gasteiger partial charge is 0.320 e. The Kier molecular flexibility index (Phi) is 2.98. The molecule has 0 saturated heterocycles. The predicted molar refractivity (Wildman–Crippen MR) is 55.6 cm³/mol. The lowest BCUT2D eigenvalue weighted by Crippen LogP contribution is -2.34. The molecule has 0 radical (unpaired) electrons. The van der Waals surface area contributed by atoms with Crippen LogP contribution in [0.1, 0.15) is 38.4 Å². The van der Waals surface area contributed by atoms with Crippen molar-refractivity contribution in [2.45, 2.75) is 38.2 Å². The minimum atomic E-state index is -0.386. The van der Waals surface area contributed by atoms with Crippen LogP contribution in [0.15, 0.2) is 4.52 Å². The van der Waals surface area contributed by atoms with E-state index in [1.807, 2.05) is 0 Å². The molecule has 0 spiro atoms. The molecule has 0 atom stereocenters. The Labute approximate surface area is 93.9 Å². The van der Waals surface area contributed by atoms with Gasteiger partial charge in [-0.05, 0) is 43.2 Å². The molecule has 1 aliphatic carbocycles.